The SMILES string of the molecule is Cc1nc(C(=O)COc2ccc(OCc3ccccc3)cc2)sc1CCO. The van der Waals surface area contributed by atoms with Crippen molar-refractivity contribution in [2.45, 2.75) is 20.0 Å². The van der Waals surface area contributed by atoms with Crippen molar-refractivity contribution in [3.05, 3.63) is 75.7 Å². The fraction of sp³-hybridized carbons (Fsp3) is 0.238. The molecular formula is C21H21NO4S. The lowest BCUT2D eigenvalue weighted by atomic mass is 10.2. The average Bonchev–Trinajstić information content (AvgIpc) is 3.07. The molecule has 0 atom stereocenters. The average molecular weight is 383 g/mol. The summed E-state index contributed by atoms with van der Waals surface area (Å²) in [5.74, 6) is 1.16. The molecule has 0 radical (unpaired) electrons. The van der Waals surface area contributed by atoms with Crippen molar-refractivity contribution in [2.24, 2.45) is 0 Å². The molecule has 0 aliphatic rings. The molecule has 0 bridgehead atoms. The number of aliphatic hydroxyl groups is 1. The van der Waals surface area contributed by atoms with E-state index in [1.54, 1.807) is 12.1 Å². The number of hydrogen-bond acceptors (Lipinski definition) is 6. The minimum atomic E-state index is -0.170. The van der Waals surface area contributed by atoms with Crippen molar-refractivity contribution >= 4 is 17.1 Å². The van der Waals surface area contributed by atoms with Crippen LogP contribution in [-0.4, -0.2) is 29.1 Å². The summed E-state index contributed by atoms with van der Waals surface area (Å²) in [6.45, 7) is 2.31. The number of thiazole rings is 1. The zero-order valence-electron chi connectivity index (χ0n) is 15.1. The number of ketones is 1. The van der Waals surface area contributed by atoms with Gasteiger partial charge in [0.1, 0.15) is 18.1 Å². The van der Waals surface area contributed by atoms with Crippen molar-refractivity contribution in [1.82, 2.24) is 4.98 Å². The van der Waals surface area contributed by atoms with E-state index >= 15 is 0 Å². The Balaban J connectivity index is 1.51. The Kier molecular flexibility index (Phi) is 6.57. The van der Waals surface area contributed by atoms with Gasteiger partial charge in [-0.15, -0.1) is 11.3 Å². The molecule has 140 valence electrons. The maximum absolute atomic E-state index is 12.2. The van der Waals surface area contributed by atoms with E-state index in [0.717, 1.165) is 21.9 Å². The van der Waals surface area contributed by atoms with E-state index in [0.29, 0.717) is 23.8 Å². The Hall–Kier alpha value is -2.70. The molecule has 3 rings (SSSR count). The lowest BCUT2D eigenvalue weighted by Crippen LogP contribution is -2.11. The first-order valence-corrected chi connectivity index (χ1v) is 9.47. The Labute approximate surface area is 162 Å². The van der Waals surface area contributed by atoms with Crippen molar-refractivity contribution in [3.8, 4) is 11.5 Å². The van der Waals surface area contributed by atoms with Crippen molar-refractivity contribution < 1.29 is 19.4 Å². The minimum absolute atomic E-state index is 0.0475. The lowest BCUT2D eigenvalue weighted by molar-refractivity contribution is 0.0921. The largest absolute Gasteiger partial charge is 0.489 e. The highest BCUT2D eigenvalue weighted by Crippen LogP contribution is 2.21. The Morgan fingerprint density at radius 1 is 1.04 bits per heavy atom. The van der Waals surface area contributed by atoms with Gasteiger partial charge in [0.2, 0.25) is 5.78 Å². The molecule has 0 unspecified atom stereocenters. The van der Waals surface area contributed by atoms with Crippen molar-refractivity contribution in [1.29, 1.82) is 0 Å². The molecular weight excluding hydrogens is 362 g/mol. The van der Waals surface area contributed by atoms with Gasteiger partial charge in [-0.1, -0.05) is 30.3 Å². The number of ether oxygens (including phenoxy) is 2. The van der Waals surface area contributed by atoms with Crippen LogP contribution < -0.4 is 9.47 Å². The predicted octanol–water partition coefficient (Wildman–Crippen LogP) is 3.83. The molecule has 3 aromatic rings. The molecule has 0 aliphatic carbocycles. The van der Waals surface area contributed by atoms with Gasteiger partial charge in [0, 0.05) is 17.9 Å². The summed E-state index contributed by atoms with van der Waals surface area (Å²) in [7, 11) is 0. The number of aryl methyl sites for hydroxylation is 1. The van der Waals surface area contributed by atoms with Crippen molar-refractivity contribution in [2.75, 3.05) is 13.2 Å². The number of Topliss-reactive ketones (excluding diaryl/α,β-unsaturated/α-hetero) is 1. The normalized spacial score (nSPS) is 10.6. The van der Waals surface area contributed by atoms with Gasteiger partial charge in [-0.3, -0.25) is 4.79 Å². The third-order valence-corrected chi connectivity index (χ3v) is 5.17. The lowest BCUT2D eigenvalue weighted by Gasteiger charge is -2.08. The first kappa shape index (κ1) is 19.1. The number of aromatic nitrogens is 1. The second kappa shape index (κ2) is 9.30. The summed E-state index contributed by atoms with van der Waals surface area (Å²) in [4.78, 5) is 17.4. The summed E-state index contributed by atoms with van der Waals surface area (Å²) < 4.78 is 11.3. The quantitative estimate of drug-likeness (QED) is 0.569. The number of rotatable bonds is 9. The zero-order valence-corrected chi connectivity index (χ0v) is 15.9. The second-order valence-corrected chi connectivity index (χ2v) is 7.04. The summed E-state index contributed by atoms with van der Waals surface area (Å²) in [6.07, 6.45) is 0.516. The van der Waals surface area contributed by atoms with Gasteiger partial charge >= 0.3 is 0 Å². The molecule has 5 nitrogen and oxygen atoms in total. The van der Waals surface area contributed by atoms with Crippen molar-refractivity contribution in [3.63, 3.8) is 0 Å². The number of carbonyl (C=O) groups is 1. The molecule has 0 saturated heterocycles. The number of hydrogen-bond donors (Lipinski definition) is 1. The first-order chi connectivity index (χ1) is 13.2. The molecule has 2 aromatic carbocycles. The predicted molar refractivity (Wildman–Crippen MR) is 105 cm³/mol. The standard InChI is InChI=1S/C21H21NO4S/c1-15-20(11-12-23)27-21(22-15)19(24)14-26-18-9-7-17(8-10-18)25-13-16-5-3-2-4-6-16/h2-10,23H,11-14H2,1H3. The molecule has 27 heavy (non-hydrogen) atoms. The Bertz CT molecular complexity index is 875. The van der Waals surface area contributed by atoms with Crippen LogP contribution in [0.25, 0.3) is 0 Å². The Morgan fingerprint density at radius 3 is 2.37 bits per heavy atom. The highest BCUT2D eigenvalue weighted by molar-refractivity contribution is 7.13. The van der Waals surface area contributed by atoms with Crippen LogP contribution in [0.5, 0.6) is 11.5 Å². The molecule has 0 amide bonds. The fourth-order valence-corrected chi connectivity index (χ4v) is 3.44. The van der Waals surface area contributed by atoms with E-state index in [1.165, 1.54) is 11.3 Å². The van der Waals surface area contributed by atoms with Gasteiger partial charge in [0.15, 0.2) is 11.6 Å². The Morgan fingerprint density at radius 2 is 1.70 bits per heavy atom. The van der Waals surface area contributed by atoms with Gasteiger partial charge in [0.25, 0.3) is 0 Å². The van der Waals surface area contributed by atoms with E-state index < -0.39 is 0 Å². The maximum atomic E-state index is 12.2. The van der Waals surface area contributed by atoms with E-state index in [2.05, 4.69) is 4.98 Å². The third-order valence-electron chi connectivity index (χ3n) is 3.91. The summed E-state index contributed by atoms with van der Waals surface area (Å²) in [5.41, 5.74) is 1.89. The topological polar surface area (TPSA) is 68.7 Å². The molecule has 0 fully saturated rings. The highest BCUT2D eigenvalue weighted by Gasteiger charge is 2.15. The number of nitrogens with zero attached hydrogens (tertiary/aromatic N) is 1. The molecule has 6 heteroatoms. The fourth-order valence-electron chi connectivity index (χ4n) is 2.46. The monoisotopic (exact) mass is 383 g/mol. The summed E-state index contributed by atoms with van der Waals surface area (Å²) in [5, 5.41) is 9.44. The van der Waals surface area contributed by atoms with E-state index in [1.807, 2.05) is 49.4 Å². The second-order valence-electron chi connectivity index (χ2n) is 5.96. The maximum Gasteiger partial charge on any atom is 0.228 e. The molecule has 1 aromatic heterocycles. The minimum Gasteiger partial charge on any atom is -0.489 e. The van der Waals surface area contributed by atoms with Crippen LogP contribution in [0.15, 0.2) is 54.6 Å². The smallest absolute Gasteiger partial charge is 0.228 e. The molecule has 0 aliphatic heterocycles. The number of carbonyl (C=O) groups excluding carboxylic acids is 1. The molecule has 1 heterocycles. The van der Waals surface area contributed by atoms with Crippen LogP contribution in [0.4, 0.5) is 0 Å². The van der Waals surface area contributed by atoms with Crippen LogP contribution in [0.2, 0.25) is 0 Å². The van der Waals surface area contributed by atoms with Gasteiger partial charge < -0.3 is 14.6 Å². The van der Waals surface area contributed by atoms with Crippen LogP contribution >= 0.6 is 11.3 Å². The first-order valence-electron chi connectivity index (χ1n) is 8.65. The van der Waals surface area contributed by atoms with Crippen LogP contribution in [0.3, 0.4) is 0 Å². The number of aliphatic hydroxyl groups excluding tert-OH is 1. The van der Waals surface area contributed by atoms with E-state index in [-0.39, 0.29) is 19.0 Å². The van der Waals surface area contributed by atoms with Gasteiger partial charge in [-0.25, -0.2) is 4.98 Å². The van der Waals surface area contributed by atoms with Crippen LogP contribution in [-0.2, 0) is 13.0 Å². The van der Waals surface area contributed by atoms with Gasteiger partial charge in [-0.05, 0) is 36.8 Å². The van der Waals surface area contributed by atoms with E-state index in [4.69, 9.17) is 14.6 Å². The summed E-state index contributed by atoms with van der Waals surface area (Å²) in [6, 6.07) is 17.1. The molecule has 0 saturated carbocycles. The summed E-state index contributed by atoms with van der Waals surface area (Å²) >= 11 is 1.31. The zero-order chi connectivity index (χ0) is 19.1. The van der Waals surface area contributed by atoms with Gasteiger partial charge in [-0.2, -0.15) is 0 Å². The third kappa shape index (κ3) is 5.39. The van der Waals surface area contributed by atoms with Crippen LogP contribution in [0, 0.1) is 6.92 Å². The van der Waals surface area contributed by atoms with Crippen LogP contribution in [0.1, 0.15) is 25.9 Å². The van der Waals surface area contributed by atoms with Gasteiger partial charge in [0.05, 0.1) is 5.69 Å². The van der Waals surface area contributed by atoms with E-state index in [9.17, 15) is 4.79 Å². The molecule has 0 spiro atoms. The number of benzene rings is 2. The molecule has 1 N–H and O–H groups in total. The highest BCUT2D eigenvalue weighted by atomic mass is 32.1.